The highest BCUT2D eigenvalue weighted by Crippen LogP contribution is 2.39. The topological polar surface area (TPSA) is 73.9 Å². The first-order valence-electron chi connectivity index (χ1n) is 7.70. The van der Waals surface area contributed by atoms with Crippen LogP contribution in [0.5, 0.6) is 5.88 Å². The van der Waals surface area contributed by atoms with Gasteiger partial charge in [0.2, 0.25) is 10.8 Å². The van der Waals surface area contributed by atoms with Gasteiger partial charge in [-0.3, -0.25) is 4.90 Å². The maximum atomic E-state index is 10.7. The highest BCUT2D eigenvalue weighted by molar-refractivity contribution is 7.17. The predicted octanol–water partition coefficient (Wildman–Crippen LogP) is 2.86. The van der Waals surface area contributed by atoms with Crippen LogP contribution in [0.1, 0.15) is 29.2 Å². The molecule has 0 radical (unpaired) electrons. The van der Waals surface area contributed by atoms with Gasteiger partial charge in [-0.15, -0.1) is 5.10 Å². The van der Waals surface area contributed by atoms with E-state index in [0.717, 1.165) is 17.0 Å². The predicted molar refractivity (Wildman–Crippen MR) is 94.9 cm³/mol. The molecule has 0 amide bonds. The number of aryl methyl sites for hydroxylation is 1. The summed E-state index contributed by atoms with van der Waals surface area (Å²) in [6.45, 7) is 5.07. The van der Waals surface area contributed by atoms with Crippen LogP contribution < -0.4 is 0 Å². The average Bonchev–Trinajstić information content (AvgIpc) is 3.07. The monoisotopic (exact) mass is 366 g/mol. The molecule has 3 aromatic rings. The average molecular weight is 367 g/mol. The molecule has 2 N–H and O–H groups in total. The van der Waals surface area contributed by atoms with Crippen molar-refractivity contribution in [1.82, 2.24) is 19.5 Å². The van der Waals surface area contributed by atoms with Gasteiger partial charge in [-0.2, -0.15) is 4.52 Å². The van der Waals surface area contributed by atoms with E-state index in [1.165, 1.54) is 15.9 Å². The Hall–Kier alpha value is -1.67. The van der Waals surface area contributed by atoms with Gasteiger partial charge in [0.25, 0.3) is 0 Å². The molecule has 1 atom stereocenters. The quantitative estimate of drug-likeness (QED) is 0.701. The third-order valence-corrected chi connectivity index (χ3v) is 5.22. The van der Waals surface area contributed by atoms with Gasteiger partial charge in [0.05, 0.1) is 17.5 Å². The van der Waals surface area contributed by atoms with Crippen LogP contribution in [-0.4, -0.2) is 49.4 Å². The second-order valence-corrected chi connectivity index (χ2v) is 6.90. The zero-order valence-corrected chi connectivity index (χ0v) is 15.0. The molecule has 1 aromatic carbocycles. The first kappa shape index (κ1) is 17.2. The smallest absolute Gasteiger partial charge is 0.230 e. The minimum atomic E-state index is -0.201. The fourth-order valence-electron chi connectivity index (χ4n) is 2.80. The molecule has 1 unspecified atom stereocenters. The van der Waals surface area contributed by atoms with E-state index in [4.69, 9.17) is 11.6 Å². The number of nitrogens with zero attached hydrogens (tertiary/aromatic N) is 4. The van der Waals surface area contributed by atoms with Crippen LogP contribution in [0.15, 0.2) is 24.3 Å². The minimum absolute atomic E-state index is 0.0402. The highest BCUT2D eigenvalue weighted by atomic mass is 35.5. The molecular formula is C16H19ClN4O2S. The molecule has 0 aliphatic rings. The van der Waals surface area contributed by atoms with E-state index in [0.29, 0.717) is 22.4 Å². The molecule has 6 nitrogen and oxygen atoms in total. The van der Waals surface area contributed by atoms with Gasteiger partial charge in [-0.1, -0.05) is 42.0 Å². The minimum Gasteiger partial charge on any atom is -0.492 e. The van der Waals surface area contributed by atoms with Crippen molar-refractivity contribution < 1.29 is 10.2 Å². The van der Waals surface area contributed by atoms with Gasteiger partial charge in [-0.25, -0.2) is 4.98 Å². The summed E-state index contributed by atoms with van der Waals surface area (Å²) < 4.78 is 1.46. The SMILES string of the molecule is CCN(CCO)C(c1ccc(Cl)cc1)c1sc2nc(C)nn2c1O. The number of aromatic nitrogens is 3. The van der Waals surface area contributed by atoms with E-state index in [-0.39, 0.29) is 18.5 Å². The Kier molecular flexibility index (Phi) is 5.05. The van der Waals surface area contributed by atoms with Crippen molar-refractivity contribution in [3.8, 4) is 5.88 Å². The molecular weight excluding hydrogens is 348 g/mol. The molecule has 3 rings (SSSR count). The molecule has 2 aromatic heterocycles. The molecule has 2 heterocycles. The number of fused-ring (bicyclic) bond motifs is 1. The number of thiazole rings is 1. The number of aromatic hydroxyl groups is 1. The molecule has 0 saturated heterocycles. The lowest BCUT2D eigenvalue weighted by Crippen LogP contribution is -2.31. The summed E-state index contributed by atoms with van der Waals surface area (Å²) in [5, 5.41) is 25.0. The second-order valence-electron chi connectivity index (χ2n) is 5.45. The van der Waals surface area contributed by atoms with Crippen LogP contribution >= 0.6 is 22.9 Å². The lowest BCUT2D eigenvalue weighted by atomic mass is 10.0. The Balaban J connectivity index is 2.13. The van der Waals surface area contributed by atoms with Crippen LogP contribution in [0.3, 0.4) is 0 Å². The first-order chi connectivity index (χ1) is 11.5. The van der Waals surface area contributed by atoms with E-state index >= 15 is 0 Å². The number of hydrogen-bond donors (Lipinski definition) is 2. The third kappa shape index (κ3) is 3.12. The Bertz CT molecular complexity index is 831. The molecule has 8 heteroatoms. The van der Waals surface area contributed by atoms with Crippen molar-refractivity contribution in [3.05, 3.63) is 45.6 Å². The second kappa shape index (κ2) is 7.06. The van der Waals surface area contributed by atoms with E-state index in [9.17, 15) is 10.2 Å². The van der Waals surface area contributed by atoms with Gasteiger partial charge >= 0.3 is 0 Å². The van der Waals surface area contributed by atoms with Crippen molar-refractivity contribution in [2.24, 2.45) is 0 Å². The Morgan fingerprint density at radius 2 is 2.04 bits per heavy atom. The fraction of sp³-hybridized carbons (Fsp3) is 0.375. The lowest BCUT2D eigenvalue weighted by molar-refractivity contribution is 0.174. The van der Waals surface area contributed by atoms with Gasteiger partial charge in [0, 0.05) is 11.6 Å². The molecule has 0 aliphatic carbocycles. The normalized spacial score (nSPS) is 13.0. The van der Waals surface area contributed by atoms with E-state index in [2.05, 4.69) is 15.0 Å². The van der Waals surface area contributed by atoms with Crippen molar-refractivity contribution in [2.75, 3.05) is 19.7 Å². The lowest BCUT2D eigenvalue weighted by Gasteiger charge is -2.29. The Labute approximate surface area is 148 Å². The number of halogens is 1. The molecule has 0 fully saturated rings. The van der Waals surface area contributed by atoms with Crippen LogP contribution in [0, 0.1) is 6.92 Å². The largest absolute Gasteiger partial charge is 0.492 e. The van der Waals surface area contributed by atoms with Crippen LogP contribution in [0.25, 0.3) is 4.96 Å². The summed E-state index contributed by atoms with van der Waals surface area (Å²) in [6, 6.07) is 7.33. The van der Waals surface area contributed by atoms with Gasteiger partial charge < -0.3 is 10.2 Å². The van der Waals surface area contributed by atoms with Gasteiger partial charge in [-0.05, 0) is 31.2 Å². The zero-order chi connectivity index (χ0) is 17.3. The van der Waals surface area contributed by atoms with Crippen molar-refractivity contribution in [3.63, 3.8) is 0 Å². The molecule has 0 bridgehead atoms. The zero-order valence-electron chi connectivity index (χ0n) is 13.5. The number of rotatable bonds is 6. The van der Waals surface area contributed by atoms with Gasteiger partial charge in [0.1, 0.15) is 5.82 Å². The number of likely N-dealkylation sites (N-methyl/N-ethyl adjacent to an activating group) is 1. The van der Waals surface area contributed by atoms with Crippen molar-refractivity contribution in [1.29, 1.82) is 0 Å². The number of hydrogen-bond acceptors (Lipinski definition) is 6. The molecule has 128 valence electrons. The van der Waals surface area contributed by atoms with Crippen LogP contribution in [0.4, 0.5) is 0 Å². The summed E-state index contributed by atoms with van der Waals surface area (Å²) in [4.78, 5) is 7.84. The number of aliphatic hydroxyl groups excluding tert-OH is 1. The highest BCUT2D eigenvalue weighted by Gasteiger charge is 2.28. The standard InChI is InChI=1S/C16H19ClN4O2S/c1-3-20(8-9-22)13(11-4-6-12(17)7-5-11)14-15(23)21-16(24-14)18-10(2)19-21/h4-7,13,22-23H,3,8-9H2,1-2H3. The molecule has 24 heavy (non-hydrogen) atoms. The van der Waals surface area contributed by atoms with E-state index in [1.54, 1.807) is 6.92 Å². The summed E-state index contributed by atoms with van der Waals surface area (Å²) in [7, 11) is 0. The van der Waals surface area contributed by atoms with Crippen LogP contribution in [-0.2, 0) is 0 Å². The van der Waals surface area contributed by atoms with Crippen molar-refractivity contribution in [2.45, 2.75) is 19.9 Å². The Morgan fingerprint density at radius 3 is 2.62 bits per heavy atom. The van der Waals surface area contributed by atoms with E-state index in [1.807, 2.05) is 31.2 Å². The summed E-state index contributed by atoms with van der Waals surface area (Å²) in [6.07, 6.45) is 0. The maximum absolute atomic E-state index is 10.7. The third-order valence-electron chi connectivity index (χ3n) is 3.90. The van der Waals surface area contributed by atoms with E-state index < -0.39 is 0 Å². The van der Waals surface area contributed by atoms with Crippen molar-refractivity contribution >= 4 is 27.9 Å². The summed E-state index contributed by atoms with van der Waals surface area (Å²) >= 11 is 7.41. The number of benzene rings is 1. The van der Waals surface area contributed by atoms with Gasteiger partial charge in [0.15, 0.2) is 0 Å². The summed E-state index contributed by atoms with van der Waals surface area (Å²) in [5.41, 5.74) is 0.992. The fourth-order valence-corrected chi connectivity index (χ4v) is 4.09. The molecule has 0 spiro atoms. The first-order valence-corrected chi connectivity index (χ1v) is 8.90. The molecule has 0 saturated carbocycles. The summed E-state index contributed by atoms with van der Waals surface area (Å²) in [5.74, 6) is 0.709. The number of aliphatic hydroxyl groups is 1. The van der Waals surface area contributed by atoms with Crippen LogP contribution in [0.2, 0.25) is 5.02 Å². The Morgan fingerprint density at radius 1 is 1.33 bits per heavy atom. The maximum Gasteiger partial charge on any atom is 0.230 e. The molecule has 0 aliphatic heterocycles.